The van der Waals surface area contributed by atoms with Gasteiger partial charge in [0, 0.05) is 29.5 Å². The summed E-state index contributed by atoms with van der Waals surface area (Å²) in [6.45, 7) is 3.14. The van der Waals surface area contributed by atoms with Crippen molar-refractivity contribution in [3.8, 4) is 0 Å². The van der Waals surface area contributed by atoms with Gasteiger partial charge in [0.1, 0.15) is 5.01 Å². The minimum Gasteiger partial charge on any atom is -0.323 e. The molecule has 0 aliphatic carbocycles. The standard InChI is InChI=1S/C10H17N3S2/c1-7(11)8-5-15-10(12-8)9-6-14-4-3-13(9)2/h5,7,9H,3-4,6,11H2,1-2H3. The highest BCUT2D eigenvalue weighted by molar-refractivity contribution is 7.99. The van der Waals surface area contributed by atoms with E-state index < -0.39 is 0 Å². The van der Waals surface area contributed by atoms with Crippen molar-refractivity contribution in [3.05, 3.63) is 16.1 Å². The number of rotatable bonds is 2. The lowest BCUT2D eigenvalue weighted by Crippen LogP contribution is -2.32. The van der Waals surface area contributed by atoms with Crippen molar-refractivity contribution < 1.29 is 0 Å². The Morgan fingerprint density at radius 3 is 3.07 bits per heavy atom. The molecule has 0 aromatic carbocycles. The van der Waals surface area contributed by atoms with Gasteiger partial charge in [-0.15, -0.1) is 11.3 Å². The van der Waals surface area contributed by atoms with Gasteiger partial charge in [0.15, 0.2) is 0 Å². The van der Waals surface area contributed by atoms with E-state index in [9.17, 15) is 0 Å². The maximum atomic E-state index is 5.82. The Hall–Kier alpha value is -0.100. The van der Waals surface area contributed by atoms with Gasteiger partial charge < -0.3 is 5.73 Å². The molecular formula is C10H17N3S2. The molecule has 0 bridgehead atoms. The monoisotopic (exact) mass is 243 g/mol. The van der Waals surface area contributed by atoms with Crippen molar-refractivity contribution in [1.82, 2.24) is 9.88 Å². The molecule has 2 heterocycles. The second-order valence-corrected chi connectivity index (χ2v) is 6.01. The SMILES string of the molecule is CC(N)c1csc(C2CSCCN2C)n1. The molecule has 84 valence electrons. The first-order valence-corrected chi connectivity index (χ1v) is 7.21. The summed E-state index contributed by atoms with van der Waals surface area (Å²) in [4.78, 5) is 7.01. The number of thiazole rings is 1. The van der Waals surface area contributed by atoms with Crippen LogP contribution in [-0.4, -0.2) is 35.0 Å². The molecule has 2 atom stereocenters. The van der Waals surface area contributed by atoms with E-state index in [2.05, 4.69) is 22.3 Å². The molecule has 15 heavy (non-hydrogen) atoms. The predicted octanol–water partition coefficient (Wildman–Crippen LogP) is 1.88. The Morgan fingerprint density at radius 2 is 2.47 bits per heavy atom. The zero-order chi connectivity index (χ0) is 10.8. The number of aromatic nitrogens is 1. The summed E-state index contributed by atoms with van der Waals surface area (Å²) in [5.41, 5.74) is 6.84. The van der Waals surface area contributed by atoms with Crippen molar-refractivity contribution in [1.29, 1.82) is 0 Å². The average molecular weight is 243 g/mol. The summed E-state index contributed by atoms with van der Waals surface area (Å²) < 4.78 is 0. The molecular weight excluding hydrogens is 226 g/mol. The van der Waals surface area contributed by atoms with Crippen molar-refractivity contribution in [2.75, 3.05) is 25.1 Å². The van der Waals surface area contributed by atoms with Gasteiger partial charge in [-0.25, -0.2) is 4.98 Å². The molecule has 0 amide bonds. The molecule has 1 aromatic rings. The Morgan fingerprint density at radius 1 is 1.67 bits per heavy atom. The van der Waals surface area contributed by atoms with Crippen LogP contribution in [0.4, 0.5) is 0 Å². The Labute approximate surface area is 99.1 Å². The van der Waals surface area contributed by atoms with Crippen molar-refractivity contribution >= 4 is 23.1 Å². The van der Waals surface area contributed by atoms with E-state index in [1.807, 2.05) is 18.7 Å². The quantitative estimate of drug-likeness (QED) is 0.861. The highest BCUT2D eigenvalue weighted by Gasteiger charge is 2.24. The van der Waals surface area contributed by atoms with E-state index in [1.54, 1.807) is 11.3 Å². The normalized spacial score (nSPS) is 25.4. The van der Waals surface area contributed by atoms with Crippen LogP contribution in [0.25, 0.3) is 0 Å². The fourth-order valence-corrected chi connectivity index (χ4v) is 4.02. The van der Waals surface area contributed by atoms with Crippen LogP contribution in [0.1, 0.15) is 29.7 Å². The Kier molecular flexibility index (Phi) is 3.66. The third-order valence-corrected chi connectivity index (χ3v) is 4.67. The molecule has 0 saturated carbocycles. The summed E-state index contributed by atoms with van der Waals surface area (Å²) in [6, 6.07) is 0.540. The lowest BCUT2D eigenvalue weighted by atomic mass is 10.2. The van der Waals surface area contributed by atoms with Gasteiger partial charge in [0.05, 0.1) is 11.7 Å². The molecule has 1 aliphatic rings. The van der Waals surface area contributed by atoms with Crippen molar-refractivity contribution in [2.24, 2.45) is 5.73 Å². The molecule has 2 N–H and O–H groups in total. The number of hydrogen-bond acceptors (Lipinski definition) is 5. The minimum absolute atomic E-state index is 0.0524. The first-order chi connectivity index (χ1) is 7.18. The highest BCUT2D eigenvalue weighted by Crippen LogP contribution is 2.30. The van der Waals surface area contributed by atoms with Crippen LogP contribution >= 0.6 is 23.1 Å². The Balaban J connectivity index is 2.13. The van der Waals surface area contributed by atoms with Crippen LogP contribution in [0, 0.1) is 0 Å². The first-order valence-electron chi connectivity index (χ1n) is 5.17. The van der Waals surface area contributed by atoms with Gasteiger partial charge in [0.25, 0.3) is 0 Å². The van der Waals surface area contributed by atoms with Gasteiger partial charge in [-0.05, 0) is 14.0 Å². The van der Waals surface area contributed by atoms with E-state index in [-0.39, 0.29) is 6.04 Å². The van der Waals surface area contributed by atoms with Gasteiger partial charge in [-0.3, -0.25) is 4.90 Å². The van der Waals surface area contributed by atoms with Gasteiger partial charge in [-0.1, -0.05) is 0 Å². The molecule has 2 unspecified atom stereocenters. The van der Waals surface area contributed by atoms with E-state index in [4.69, 9.17) is 5.73 Å². The van der Waals surface area contributed by atoms with Gasteiger partial charge in [-0.2, -0.15) is 11.8 Å². The largest absolute Gasteiger partial charge is 0.323 e. The average Bonchev–Trinajstić information content (AvgIpc) is 2.67. The van der Waals surface area contributed by atoms with Crippen LogP contribution in [0.15, 0.2) is 5.38 Å². The van der Waals surface area contributed by atoms with Crippen LogP contribution < -0.4 is 5.73 Å². The molecule has 5 heteroatoms. The summed E-state index contributed by atoms with van der Waals surface area (Å²) in [7, 11) is 2.18. The van der Waals surface area contributed by atoms with E-state index in [0.29, 0.717) is 6.04 Å². The topological polar surface area (TPSA) is 42.1 Å². The lowest BCUT2D eigenvalue weighted by molar-refractivity contribution is 0.273. The Bertz CT molecular complexity index is 324. The molecule has 1 saturated heterocycles. The fourth-order valence-electron chi connectivity index (χ4n) is 1.61. The van der Waals surface area contributed by atoms with Crippen LogP contribution in [0.2, 0.25) is 0 Å². The predicted molar refractivity (Wildman–Crippen MR) is 67.4 cm³/mol. The fraction of sp³-hybridized carbons (Fsp3) is 0.700. The maximum absolute atomic E-state index is 5.82. The second kappa shape index (κ2) is 4.82. The highest BCUT2D eigenvalue weighted by atomic mass is 32.2. The van der Waals surface area contributed by atoms with Gasteiger partial charge >= 0.3 is 0 Å². The van der Waals surface area contributed by atoms with Crippen LogP contribution in [0.3, 0.4) is 0 Å². The van der Waals surface area contributed by atoms with E-state index >= 15 is 0 Å². The number of nitrogens with two attached hydrogens (primary N) is 1. The van der Waals surface area contributed by atoms with Crippen molar-refractivity contribution in [3.63, 3.8) is 0 Å². The molecule has 1 fully saturated rings. The maximum Gasteiger partial charge on any atom is 0.111 e. The minimum atomic E-state index is 0.0524. The zero-order valence-corrected chi connectivity index (χ0v) is 10.8. The van der Waals surface area contributed by atoms with Gasteiger partial charge in [0.2, 0.25) is 0 Å². The van der Waals surface area contributed by atoms with Crippen LogP contribution in [0.5, 0.6) is 0 Å². The molecule has 0 radical (unpaired) electrons. The lowest BCUT2D eigenvalue weighted by Gasteiger charge is -2.30. The summed E-state index contributed by atoms with van der Waals surface area (Å²) in [5.74, 6) is 2.39. The molecule has 1 aliphatic heterocycles. The number of thioether (sulfide) groups is 1. The number of nitrogens with zero attached hydrogens (tertiary/aromatic N) is 2. The van der Waals surface area contributed by atoms with Crippen molar-refractivity contribution in [2.45, 2.75) is 19.0 Å². The molecule has 2 rings (SSSR count). The molecule has 0 spiro atoms. The summed E-state index contributed by atoms with van der Waals surface area (Å²) in [6.07, 6.45) is 0. The first kappa shape index (κ1) is 11.4. The van der Waals surface area contributed by atoms with E-state index in [0.717, 1.165) is 18.0 Å². The number of hydrogen-bond donors (Lipinski definition) is 1. The second-order valence-electron chi connectivity index (χ2n) is 3.97. The third kappa shape index (κ3) is 2.53. The molecule has 1 aromatic heterocycles. The van der Waals surface area contributed by atoms with Crippen LogP contribution in [-0.2, 0) is 0 Å². The zero-order valence-electron chi connectivity index (χ0n) is 9.14. The van der Waals surface area contributed by atoms with E-state index in [1.165, 1.54) is 10.8 Å². The smallest absolute Gasteiger partial charge is 0.111 e. The molecule has 3 nitrogen and oxygen atoms in total. The third-order valence-electron chi connectivity index (χ3n) is 2.69. The summed E-state index contributed by atoms with van der Waals surface area (Å²) >= 11 is 3.76. The summed E-state index contributed by atoms with van der Waals surface area (Å²) in [5, 5.41) is 3.31.